The summed E-state index contributed by atoms with van der Waals surface area (Å²) in [6.07, 6.45) is 5.12. The molecule has 2 heterocycles. The van der Waals surface area contributed by atoms with Crippen LogP contribution in [-0.2, 0) is 43.9 Å². The molecular formula is C55H68N2O11. The average molecular weight is 933 g/mol. The molecule has 10 atom stereocenters. The number of allylic oxidation sites excluding steroid dienone is 1. The van der Waals surface area contributed by atoms with Gasteiger partial charge in [-0.25, -0.2) is 4.79 Å². The Morgan fingerprint density at radius 2 is 1.59 bits per heavy atom. The first-order valence-electron chi connectivity index (χ1n) is 24.3. The van der Waals surface area contributed by atoms with E-state index < -0.39 is 78.2 Å². The molecule has 1 unspecified atom stereocenters. The fourth-order valence-corrected chi connectivity index (χ4v) is 10.8. The summed E-state index contributed by atoms with van der Waals surface area (Å²) in [6.45, 7) is 13.1. The molecule has 13 nitrogen and oxygen atoms in total. The molecule has 2 saturated heterocycles. The summed E-state index contributed by atoms with van der Waals surface area (Å²) in [7, 11) is 0. The van der Waals surface area contributed by atoms with Gasteiger partial charge in [-0.1, -0.05) is 98.3 Å². The molecule has 8 rings (SSSR count). The van der Waals surface area contributed by atoms with Crippen LogP contribution in [0, 0.1) is 17.3 Å². The van der Waals surface area contributed by atoms with Crippen molar-refractivity contribution in [3.05, 3.63) is 124 Å². The van der Waals surface area contributed by atoms with Gasteiger partial charge in [-0.05, 0) is 114 Å². The molecule has 3 aliphatic carbocycles. The minimum Gasteiger partial charge on any atom is -0.460 e. The number of esters is 2. The van der Waals surface area contributed by atoms with Crippen molar-refractivity contribution in [2.24, 2.45) is 17.3 Å². The number of benzene rings is 3. The maximum Gasteiger partial charge on any atom is 0.338 e. The van der Waals surface area contributed by atoms with Gasteiger partial charge < -0.3 is 44.5 Å². The van der Waals surface area contributed by atoms with Crippen molar-refractivity contribution in [1.82, 2.24) is 10.6 Å². The molecule has 4 N–H and O–H groups in total. The first kappa shape index (κ1) is 49.2. The van der Waals surface area contributed by atoms with Crippen molar-refractivity contribution >= 4 is 29.8 Å². The van der Waals surface area contributed by atoms with Gasteiger partial charge in [0.1, 0.15) is 30.0 Å². The van der Waals surface area contributed by atoms with Crippen LogP contribution >= 0.6 is 0 Å². The zero-order chi connectivity index (χ0) is 48.6. The van der Waals surface area contributed by atoms with E-state index in [2.05, 4.69) is 37.5 Å². The van der Waals surface area contributed by atoms with E-state index in [1.165, 1.54) is 12.5 Å². The molecule has 3 aromatic rings. The second-order valence-corrected chi connectivity index (χ2v) is 21.3. The van der Waals surface area contributed by atoms with Crippen LogP contribution in [0.25, 0.3) is 6.08 Å². The standard InChI is InChI=1S/C55H68N2O11/c1-33(59)47(50(62)56-40(32-58)22-24-46(60)67-52(2,3)4)57-49(61)37-29-43(48-44(30-37)65-55(68-48,38-17-10-8-11-18-38)39-19-12-9-13-20-39)64-51(63)36-16-14-15-34(28-36)27-35-21-23-45-54(7,66-45)26-25-42-41(35)31-53(42,5)6/h8-20,27-28,30,33,40-45,47-48,58-59H,21-26,29,31-32H2,1-7H3,(H,56,62)(H,57,61)/t33-,40-,41+,42+,43+,44+,45?,47+,48-,54+/m0/s1. The van der Waals surface area contributed by atoms with Gasteiger partial charge in [0.25, 0.3) is 0 Å². The third-order valence-electron chi connectivity index (χ3n) is 14.5. The van der Waals surface area contributed by atoms with Crippen molar-refractivity contribution in [1.29, 1.82) is 0 Å². The van der Waals surface area contributed by atoms with E-state index in [-0.39, 0.29) is 42.0 Å². The highest BCUT2D eigenvalue weighted by Gasteiger charge is 2.57. The minimum atomic E-state index is -1.45. The maximum atomic E-state index is 14.4. The van der Waals surface area contributed by atoms with Crippen LogP contribution in [0.3, 0.4) is 0 Å². The average Bonchev–Trinajstić information content (AvgIpc) is 3.75. The van der Waals surface area contributed by atoms with Crippen LogP contribution in [0.2, 0.25) is 0 Å². The van der Waals surface area contributed by atoms with Crippen molar-refractivity contribution in [3.63, 3.8) is 0 Å². The van der Waals surface area contributed by atoms with Crippen molar-refractivity contribution in [2.45, 2.75) is 159 Å². The molecule has 0 radical (unpaired) electrons. The molecule has 2 amide bonds. The van der Waals surface area contributed by atoms with Crippen LogP contribution in [0.1, 0.15) is 127 Å². The number of aliphatic hydroxyl groups excluding tert-OH is 2. The number of carbonyl (C=O) groups excluding carboxylic acids is 4. The summed E-state index contributed by atoms with van der Waals surface area (Å²) >= 11 is 0. The second-order valence-electron chi connectivity index (χ2n) is 21.3. The molecular weight excluding hydrogens is 865 g/mol. The molecule has 5 aliphatic rings. The van der Waals surface area contributed by atoms with Crippen molar-refractivity contribution in [2.75, 3.05) is 6.61 Å². The van der Waals surface area contributed by atoms with Crippen LogP contribution in [0.5, 0.6) is 0 Å². The van der Waals surface area contributed by atoms with Crippen LogP contribution in [0.4, 0.5) is 0 Å². The van der Waals surface area contributed by atoms with Gasteiger partial charge in [-0.15, -0.1) is 0 Å². The Labute approximate surface area is 400 Å². The van der Waals surface area contributed by atoms with E-state index in [1.54, 1.807) is 32.9 Å². The maximum absolute atomic E-state index is 14.4. The molecule has 2 aliphatic heterocycles. The topological polar surface area (TPSA) is 182 Å². The third kappa shape index (κ3) is 10.8. The number of nitrogens with one attached hydrogen (secondary N) is 2. The number of fused-ring (bicyclic) bond motifs is 3. The number of hydrogen-bond donors (Lipinski definition) is 4. The summed E-state index contributed by atoms with van der Waals surface area (Å²) < 4.78 is 31.8. The van der Waals surface area contributed by atoms with Gasteiger partial charge in [-0.2, -0.15) is 0 Å². The third-order valence-corrected chi connectivity index (χ3v) is 14.5. The predicted molar refractivity (Wildman–Crippen MR) is 255 cm³/mol. The Morgan fingerprint density at radius 3 is 2.22 bits per heavy atom. The molecule has 68 heavy (non-hydrogen) atoms. The molecule has 13 heteroatoms. The highest BCUT2D eigenvalue weighted by molar-refractivity contribution is 5.98. The first-order chi connectivity index (χ1) is 32.3. The molecule has 3 aromatic carbocycles. The lowest BCUT2D eigenvalue weighted by molar-refractivity contribution is -0.157. The smallest absolute Gasteiger partial charge is 0.338 e. The van der Waals surface area contributed by atoms with E-state index in [1.807, 2.05) is 78.9 Å². The number of hydrogen-bond acceptors (Lipinski definition) is 11. The minimum absolute atomic E-state index is 0.0256. The molecule has 364 valence electrons. The van der Waals surface area contributed by atoms with E-state index in [9.17, 15) is 29.4 Å². The Morgan fingerprint density at radius 1 is 0.897 bits per heavy atom. The SMILES string of the molecule is C[C@H](O)[C@@H](NC(=O)C1=C[C@H]2OC(c3ccccc3)(c3ccccc3)O[C@H]2[C@H](OC(=O)c2cccc(C=C3CCC4O[C@]4(C)CC[C@@H]4[C@@H]3CC4(C)C)c2)C1)C(=O)N[C@H](CO)CCC(=O)OC(C)(C)C. The molecule has 0 spiro atoms. The van der Waals surface area contributed by atoms with E-state index >= 15 is 0 Å². The zero-order valence-corrected chi connectivity index (χ0v) is 40.4. The number of epoxide rings is 1. The van der Waals surface area contributed by atoms with Crippen molar-refractivity contribution < 1.29 is 53.1 Å². The summed E-state index contributed by atoms with van der Waals surface area (Å²) in [5, 5.41) is 26.2. The quantitative estimate of drug-likeness (QED) is 0.0930. The summed E-state index contributed by atoms with van der Waals surface area (Å²) in [5.74, 6) is -2.95. The number of carbonyl (C=O) groups is 4. The number of aliphatic hydroxyl groups is 2. The highest BCUT2D eigenvalue weighted by atomic mass is 16.8. The van der Waals surface area contributed by atoms with Gasteiger partial charge in [0.15, 0.2) is 0 Å². The molecule has 0 aromatic heterocycles. The van der Waals surface area contributed by atoms with E-state index in [0.29, 0.717) is 28.5 Å². The van der Waals surface area contributed by atoms with Crippen LogP contribution in [0.15, 0.2) is 102 Å². The molecule has 4 fully saturated rings. The molecule has 2 saturated carbocycles. The van der Waals surface area contributed by atoms with Gasteiger partial charge in [0, 0.05) is 29.5 Å². The Hall–Kier alpha value is -5.18. The predicted octanol–water partition coefficient (Wildman–Crippen LogP) is 7.47. The zero-order valence-electron chi connectivity index (χ0n) is 40.4. The van der Waals surface area contributed by atoms with E-state index in [0.717, 1.165) is 37.7 Å². The fourth-order valence-electron chi connectivity index (χ4n) is 10.8. The van der Waals surface area contributed by atoms with Crippen LogP contribution in [-0.4, -0.2) is 94.4 Å². The highest BCUT2D eigenvalue weighted by Crippen LogP contribution is 2.60. The Bertz CT molecular complexity index is 2350. The summed E-state index contributed by atoms with van der Waals surface area (Å²) in [4.78, 5) is 54.7. The largest absolute Gasteiger partial charge is 0.460 e. The van der Waals surface area contributed by atoms with E-state index in [4.69, 9.17) is 23.7 Å². The first-order valence-corrected chi connectivity index (χ1v) is 24.3. The van der Waals surface area contributed by atoms with Gasteiger partial charge in [0.05, 0.1) is 36.0 Å². The summed E-state index contributed by atoms with van der Waals surface area (Å²) in [6, 6.07) is 24.0. The van der Waals surface area contributed by atoms with Gasteiger partial charge >= 0.3 is 11.9 Å². The fraction of sp³-hybridized carbons (Fsp3) is 0.527. The van der Waals surface area contributed by atoms with Crippen molar-refractivity contribution in [3.8, 4) is 0 Å². The summed E-state index contributed by atoms with van der Waals surface area (Å²) in [5.41, 5.74) is 3.71. The Balaban J connectivity index is 1.04. The van der Waals surface area contributed by atoms with Gasteiger partial charge in [0.2, 0.25) is 17.6 Å². The lowest BCUT2D eigenvalue weighted by atomic mass is 9.52. The lowest BCUT2D eigenvalue weighted by Crippen LogP contribution is -2.55. The number of rotatable bonds is 14. The normalized spacial score (nSPS) is 28.8. The second kappa shape index (κ2) is 19.7. The number of amides is 2. The Kier molecular flexibility index (Phi) is 14.2. The lowest BCUT2D eigenvalue weighted by Gasteiger charge is -2.53. The van der Waals surface area contributed by atoms with Crippen LogP contribution < -0.4 is 10.6 Å². The molecule has 0 bridgehead atoms. The monoisotopic (exact) mass is 932 g/mol. The van der Waals surface area contributed by atoms with Gasteiger partial charge in [-0.3, -0.25) is 14.4 Å². The number of ether oxygens (including phenoxy) is 5.